The highest BCUT2D eigenvalue weighted by Crippen LogP contribution is 2.24. The summed E-state index contributed by atoms with van der Waals surface area (Å²) in [5, 5.41) is 6.60. The van der Waals surface area contributed by atoms with E-state index in [2.05, 4.69) is 22.4 Å². The molecule has 1 aliphatic heterocycles. The lowest BCUT2D eigenvalue weighted by Crippen LogP contribution is -2.27. The van der Waals surface area contributed by atoms with E-state index < -0.39 is 0 Å². The molecule has 0 radical (unpaired) electrons. The normalized spacial score (nSPS) is 19.2. The zero-order chi connectivity index (χ0) is 9.36. The highest BCUT2D eigenvalue weighted by Gasteiger charge is 2.12. The highest BCUT2D eigenvalue weighted by molar-refractivity contribution is 7.99. The zero-order valence-electron chi connectivity index (χ0n) is 8.64. The minimum atomic E-state index is 1.00. The lowest BCUT2D eigenvalue weighted by molar-refractivity contribution is 0.437. The largest absolute Gasteiger partial charge is 0.318 e. The fraction of sp³-hybridized carbons (Fsp3) is 1.00. The van der Waals surface area contributed by atoms with Crippen LogP contribution in [-0.2, 0) is 0 Å². The van der Waals surface area contributed by atoms with Gasteiger partial charge in [-0.3, -0.25) is 0 Å². The van der Waals surface area contributed by atoms with Crippen molar-refractivity contribution in [3.63, 3.8) is 0 Å². The summed E-state index contributed by atoms with van der Waals surface area (Å²) in [5.74, 6) is 3.78. The van der Waals surface area contributed by atoms with Crippen molar-refractivity contribution in [2.75, 3.05) is 38.2 Å². The molecule has 0 amide bonds. The van der Waals surface area contributed by atoms with E-state index in [4.69, 9.17) is 0 Å². The van der Waals surface area contributed by atoms with Gasteiger partial charge in [-0.25, -0.2) is 0 Å². The van der Waals surface area contributed by atoms with Gasteiger partial charge < -0.3 is 10.6 Å². The Morgan fingerprint density at radius 1 is 1.15 bits per heavy atom. The molecule has 78 valence electrons. The number of thioether (sulfide) groups is 1. The number of rotatable bonds is 6. The van der Waals surface area contributed by atoms with E-state index in [0.29, 0.717) is 0 Å². The quantitative estimate of drug-likeness (QED) is 0.635. The molecule has 1 rings (SSSR count). The van der Waals surface area contributed by atoms with Crippen molar-refractivity contribution < 1.29 is 0 Å². The molecule has 3 heteroatoms. The van der Waals surface area contributed by atoms with Crippen LogP contribution in [0, 0.1) is 5.92 Å². The van der Waals surface area contributed by atoms with Gasteiger partial charge >= 0.3 is 0 Å². The Bertz CT molecular complexity index is 113. The fourth-order valence-corrected chi connectivity index (χ4v) is 2.88. The average molecular weight is 202 g/mol. The SMILES string of the molecule is CNCCNCCC1CCSCC1. The number of nitrogens with one attached hydrogen (secondary N) is 2. The maximum Gasteiger partial charge on any atom is 0.00766 e. The minimum absolute atomic E-state index is 1.00. The van der Waals surface area contributed by atoms with Gasteiger partial charge in [0.2, 0.25) is 0 Å². The predicted molar refractivity (Wildman–Crippen MR) is 61.5 cm³/mol. The summed E-state index contributed by atoms with van der Waals surface area (Å²) < 4.78 is 0. The van der Waals surface area contributed by atoms with Crippen molar-refractivity contribution in [1.29, 1.82) is 0 Å². The van der Waals surface area contributed by atoms with Crippen molar-refractivity contribution in [3.8, 4) is 0 Å². The standard InChI is InChI=1S/C10H22N2S/c1-11-6-7-12-5-2-10-3-8-13-9-4-10/h10-12H,2-9H2,1H3. The number of hydrogen-bond acceptors (Lipinski definition) is 3. The Labute approximate surface area is 86.2 Å². The summed E-state index contributed by atoms with van der Waals surface area (Å²) in [4.78, 5) is 0. The summed E-state index contributed by atoms with van der Waals surface area (Å²) in [7, 11) is 2.00. The smallest absolute Gasteiger partial charge is 0.00766 e. The van der Waals surface area contributed by atoms with Crippen LogP contribution in [0.5, 0.6) is 0 Å². The molecular formula is C10H22N2S. The first-order valence-electron chi connectivity index (χ1n) is 5.36. The van der Waals surface area contributed by atoms with Crippen LogP contribution < -0.4 is 10.6 Å². The van der Waals surface area contributed by atoms with Crippen molar-refractivity contribution in [2.45, 2.75) is 19.3 Å². The van der Waals surface area contributed by atoms with Gasteiger partial charge in [0.05, 0.1) is 0 Å². The molecule has 0 aromatic rings. The zero-order valence-corrected chi connectivity index (χ0v) is 9.46. The third kappa shape index (κ3) is 5.55. The summed E-state index contributed by atoms with van der Waals surface area (Å²) in [6, 6.07) is 0. The lowest BCUT2D eigenvalue weighted by Gasteiger charge is -2.21. The van der Waals surface area contributed by atoms with Crippen LogP contribution in [0.3, 0.4) is 0 Å². The molecule has 0 aromatic heterocycles. The van der Waals surface area contributed by atoms with Crippen LogP contribution in [0.1, 0.15) is 19.3 Å². The summed E-state index contributed by atoms with van der Waals surface area (Å²) in [6.07, 6.45) is 4.26. The monoisotopic (exact) mass is 202 g/mol. The second kappa shape index (κ2) is 7.65. The highest BCUT2D eigenvalue weighted by atomic mass is 32.2. The van der Waals surface area contributed by atoms with E-state index >= 15 is 0 Å². The summed E-state index contributed by atoms with van der Waals surface area (Å²) in [6.45, 7) is 3.40. The molecule has 0 spiro atoms. The molecule has 0 bridgehead atoms. The lowest BCUT2D eigenvalue weighted by atomic mass is 9.99. The first-order chi connectivity index (χ1) is 6.43. The molecule has 1 heterocycles. The van der Waals surface area contributed by atoms with Crippen LogP contribution in [0.15, 0.2) is 0 Å². The van der Waals surface area contributed by atoms with E-state index in [9.17, 15) is 0 Å². The summed E-state index contributed by atoms with van der Waals surface area (Å²) >= 11 is 2.12. The molecule has 2 N–H and O–H groups in total. The van der Waals surface area contributed by atoms with Crippen LogP contribution in [0.2, 0.25) is 0 Å². The van der Waals surface area contributed by atoms with Crippen LogP contribution in [-0.4, -0.2) is 38.2 Å². The molecular weight excluding hydrogens is 180 g/mol. The molecule has 1 fully saturated rings. The predicted octanol–water partition coefficient (Wildman–Crippen LogP) is 1.33. The van der Waals surface area contributed by atoms with Crippen molar-refractivity contribution >= 4 is 11.8 Å². The Morgan fingerprint density at radius 3 is 2.62 bits per heavy atom. The van der Waals surface area contributed by atoms with E-state index in [1.165, 1.54) is 37.3 Å². The molecule has 0 unspecified atom stereocenters. The van der Waals surface area contributed by atoms with Gasteiger partial charge in [-0.15, -0.1) is 0 Å². The van der Waals surface area contributed by atoms with E-state index in [1.54, 1.807) is 0 Å². The van der Waals surface area contributed by atoms with Gasteiger partial charge in [0.1, 0.15) is 0 Å². The maximum absolute atomic E-state index is 3.46. The molecule has 0 aromatic carbocycles. The van der Waals surface area contributed by atoms with Crippen molar-refractivity contribution in [3.05, 3.63) is 0 Å². The van der Waals surface area contributed by atoms with Crippen LogP contribution in [0.4, 0.5) is 0 Å². The second-order valence-electron chi connectivity index (χ2n) is 3.70. The van der Waals surface area contributed by atoms with E-state index in [0.717, 1.165) is 19.0 Å². The fourth-order valence-electron chi connectivity index (χ4n) is 1.68. The summed E-state index contributed by atoms with van der Waals surface area (Å²) in [5.41, 5.74) is 0. The third-order valence-corrected chi connectivity index (χ3v) is 3.67. The average Bonchev–Trinajstić information content (AvgIpc) is 2.19. The molecule has 0 aliphatic carbocycles. The molecule has 0 atom stereocenters. The van der Waals surface area contributed by atoms with Gasteiger partial charge in [0.25, 0.3) is 0 Å². The van der Waals surface area contributed by atoms with Gasteiger partial charge in [-0.2, -0.15) is 11.8 Å². The molecule has 1 aliphatic rings. The first-order valence-corrected chi connectivity index (χ1v) is 6.52. The first kappa shape index (κ1) is 11.3. The Kier molecular flexibility index (Phi) is 6.68. The second-order valence-corrected chi connectivity index (χ2v) is 4.92. The van der Waals surface area contributed by atoms with Gasteiger partial charge in [0, 0.05) is 13.1 Å². The third-order valence-electron chi connectivity index (χ3n) is 2.62. The van der Waals surface area contributed by atoms with Crippen LogP contribution >= 0.6 is 11.8 Å². The van der Waals surface area contributed by atoms with Gasteiger partial charge in [-0.1, -0.05) is 0 Å². The Balaban J connectivity index is 1.86. The van der Waals surface area contributed by atoms with Gasteiger partial charge in [0.15, 0.2) is 0 Å². The van der Waals surface area contributed by atoms with E-state index in [1.807, 2.05) is 7.05 Å². The van der Waals surface area contributed by atoms with Crippen molar-refractivity contribution in [2.24, 2.45) is 5.92 Å². The van der Waals surface area contributed by atoms with Gasteiger partial charge in [-0.05, 0) is 50.3 Å². The molecule has 13 heavy (non-hydrogen) atoms. The van der Waals surface area contributed by atoms with E-state index in [-0.39, 0.29) is 0 Å². The molecule has 2 nitrogen and oxygen atoms in total. The molecule has 1 saturated heterocycles. The minimum Gasteiger partial charge on any atom is -0.318 e. The topological polar surface area (TPSA) is 24.1 Å². The Hall–Kier alpha value is 0.270. The Morgan fingerprint density at radius 2 is 1.92 bits per heavy atom. The van der Waals surface area contributed by atoms with Crippen LogP contribution in [0.25, 0.3) is 0 Å². The maximum atomic E-state index is 3.46. The molecule has 0 saturated carbocycles. The number of likely N-dealkylation sites (N-methyl/N-ethyl adjacent to an activating group) is 1. The number of hydrogen-bond donors (Lipinski definition) is 2. The van der Waals surface area contributed by atoms with Crippen molar-refractivity contribution in [1.82, 2.24) is 10.6 Å².